The highest BCUT2D eigenvalue weighted by atomic mass is 32.2. The summed E-state index contributed by atoms with van der Waals surface area (Å²) in [5, 5.41) is 11.2. The first-order valence-electron chi connectivity index (χ1n) is 4.80. The molecule has 17 heavy (non-hydrogen) atoms. The van der Waals surface area contributed by atoms with Crippen molar-refractivity contribution in [3.63, 3.8) is 0 Å². The molecule has 0 amide bonds. The van der Waals surface area contributed by atoms with Crippen LogP contribution < -0.4 is 5.73 Å². The van der Waals surface area contributed by atoms with Gasteiger partial charge in [-0.3, -0.25) is 10.1 Å². The molecule has 6 heteroatoms. The molecule has 2 rings (SSSR count). The highest BCUT2D eigenvalue weighted by molar-refractivity contribution is 7.99. The summed E-state index contributed by atoms with van der Waals surface area (Å²) in [7, 11) is 0. The highest BCUT2D eigenvalue weighted by Crippen LogP contribution is 2.29. The Balaban J connectivity index is 2.30. The maximum Gasteiger partial charge on any atom is 0.275 e. The van der Waals surface area contributed by atoms with Crippen LogP contribution in [-0.4, -0.2) is 9.91 Å². The van der Waals surface area contributed by atoms with Gasteiger partial charge in [-0.05, 0) is 12.1 Å². The van der Waals surface area contributed by atoms with Crippen LogP contribution in [0.1, 0.15) is 0 Å². The highest BCUT2D eigenvalue weighted by Gasteiger charge is 2.10. The van der Waals surface area contributed by atoms with Crippen molar-refractivity contribution in [1.29, 1.82) is 0 Å². The van der Waals surface area contributed by atoms with Gasteiger partial charge in [-0.1, -0.05) is 30.0 Å². The van der Waals surface area contributed by atoms with Crippen molar-refractivity contribution in [2.24, 2.45) is 0 Å². The molecule has 0 fully saturated rings. The second-order valence-corrected chi connectivity index (χ2v) is 4.35. The molecule has 0 aliphatic rings. The molecule has 0 atom stereocenters. The van der Waals surface area contributed by atoms with Gasteiger partial charge in [0, 0.05) is 11.0 Å². The van der Waals surface area contributed by atoms with E-state index >= 15 is 0 Å². The van der Waals surface area contributed by atoms with E-state index in [1.165, 1.54) is 23.9 Å². The van der Waals surface area contributed by atoms with E-state index in [4.69, 9.17) is 5.73 Å². The van der Waals surface area contributed by atoms with E-state index in [-0.39, 0.29) is 11.5 Å². The molecule has 0 unspecified atom stereocenters. The number of aromatic nitrogens is 1. The number of nitrogens with zero attached hydrogens (tertiary/aromatic N) is 2. The van der Waals surface area contributed by atoms with Gasteiger partial charge in [0.2, 0.25) is 0 Å². The largest absolute Gasteiger partial charge is 0.383 e. The summed E-state index contributed by atoms with van der Waals surface area (Å²) >= 11 is 1.34. The first kappa shape index (κ1) is 11.4. The summed E-state index contributed by atoms with van der Waals surface area (Å²) < 4.78 is 0. The van der Waals surface area contributed by atoms with Gasteiger partial charge in [-0.15, -0.1) is 0 Å². The van der Waals surface area contributed by atoms with Gasteiger partial charge in [-0.25, -0.2) is 4.98 Å². The summed E-state index contributed by atoms with van der Waals surface area (Å²) in [6.07, 6.45) is 0. The first-order valence-corrected chi connectivity index (χ1v) is 5.61. The molecule has 1 heterocycles. The predicted octanol–water partition coefficient (Wildman–Crippen LogP) is 2.72. The van der Waals surface area contributed by atoms with Crippen LogP contribution >= 0.6 is 11.8 Å². The summed E-state index contributed by atoms with van der Waals surface area (Å²) in [6.45, 7) is 0. The predicted molar refractivity (Wildman–Crippen MR) is 65.9 cm³/mol. The lowest BCUT2D eigenvalue weighted by atomic mass is 10.4. The molecule has 0 spiro atoms. The van der Waals surface area contributed by atoms with Crippen molar-refractivity contribution in [3.05, 3.63) is 52.6 Å². The van der Waals surface area contributed by atoms with E-state index in [2.05, 4.69) is 4.98 Å². The fourth-order valence-electron chi connectivity index (χ4n) is 1.28. The fourth-order valence-corrected chi connectivity index (χ4v) is 2.14. The third-order valence-corrected chi connectivity index (χ3v) is 2.91. The van der Waals surface area contributed by atoms with Crippen LogP contribution in [0.25, 0.3) is 0 Å². The van der Waals surface area contributed by atoms with E-state index in [1.54, 1.807) is 0 Å². The minimum atomic E-state index is -0.479. The number of benzene rings is 1. The van der Waals surface area contributed by atoms with Crippen LogP contribution in [0, 0.1) is 10.1 Å². The van der Waals surface area contributed by atoms with Gasteiger partial charge in [0.1, 0.15) is 10.8 Å². The molecule has 2 aromatic rings. The average Bonchev–Trinajstić information content (AvgIpc) is 2.29. The fraction of sp³-hybridized carbons (Fsp3) is 0. The van der Waals surface area contributed by atoms with Gasteiger partial charge in [0.15, 0.2) is 0 Å². The Morgan fingerprint density at radius 1 is 1.24 bits per heavy atom. The number of hydrogen-bond donors (Lipinski definition) is 1. The van der Waals surface area contributed by atoms with Gasteiger partial charge in [-0.2, -0.15) is 0 Å². The lowest BCUT2D eigenvalue weighted by Gasteiger charge is -2.01. The Kier molecular flexibility index (Phi) is 3.24. The van der Waals surface area contributed by atoms with Crippen LogP contribution in [0.4, 0.5) is 11.5 Å². The monoisotopic (exact) mass is 247 g/mol. The quantitative estimate of drug-likeness (QED) is 0.666. The van der Waals surface area contributed by atoms with Crippen molar-refractivity contribution in [2.75, 3.05) is 5.73 Å². The zero-order valence-electron chi connectivity index (χ0n) is 8.74. The molecule has 1 aromatic heterocycles. The molecule has 0 bridgehead atoms. The topological polar surface area (TPSA) is 82.0 Å². The Hall–Kier alpha value is -2.08. The molecule has 1 aromatic carbocycles. The van der Waals surface area contributed by atoms with E-state index in [0.717, 1.165) is 4.90 Å². The number of nitrogen functional groups attached to an aromatic ring is 1. The average molecular weight is 247 g/mol. The summed E-state index contributed by atoms with van der Waals surface area (Å²) in [6, 6.07) is 12.2. The maximum atomic E-state index is 10.7. The molecule has 0 saturated carbocycles. The van der Waals surface area contributed by atoms with Crippen LogP contribution in [0.15, 0.2) is 52.4 Å². The molecular weight excluding hydrogens is 238 g/mol. The molecule has 0 saturated heterocycles. The zero-order chi connectivity index (χ0) is 12.3. The number of rotatable bonds is 3. The van der Waals surface area contributed by atoms with E-state index in [1.807, 2.05) is 30.3 Å². The van der Waals surface area contributed by atoms with Crippen LogP contribution in [-0.2, 0) is 0 Å². The summed E-state index contributed by atoms with van der Waals surface area (Å²) in [5.74, 6) is 0.151. The van der Waals surface area contributed by atoms with Crippen LogP contribution in [0.2, 0.25) is 0 Å². The van der Waals surface area contributed by atoms with E-state index in [9.17, 15) is 10.1 Å². The third-order valence-electron chi connectivity index (χ3n) is 1.98. The number of pyridine rings is 1. The van der Waals surface area contributed by atoms with Crippen molar-refractivity contribution >= 4 is 23.3 Å². The van der Waals surface area contributed by atoms with E-state index in [0.29, 0.717) is 5.03 Å². The Morgan fingerprint density at radius 2 is 1.94 bits per heavy atom. The lowest BCUT2D eigenvalue weighted by Crippen LogP contribution is -1.95. The minimum Gasteiger partial charge on any atom is -0.383 e. The number of anilines is 1. The molecule has 2 N–H and O–H groups in total. The second kappa shape index (κ2) is 4.84. The standard InChI is InChI=1S/C11H9N3O2S/c12-10-6-8(14(15)16)7-11(13-10)17-9-4-2-1-3-5-9/h1-7H,(H2,12,13). The third kappa shape index (κ3) is 2.94. The lowest BCUT2D eigenvalue weighted by molar-refractivity contribution is -0.385. The van der Waals surface area contributed by atoms with E-state index < -0.39 is 4.92 Å². The number of nitrogens with two attached hydrogens (primary N) is 1. The van der Waals surface area contributed by atoms with Crippen molar-refractivity contribution in [3.8, 4) is 0 Å². The van der Waals surface area contributed by atoms with Crippen molar-refractivity contribution in [2.45, 2.75) is 9.92 Å². The summed E-state index contributed by atoms with van der Waals surface area (Å²) in [4.78, 5) is 15.2. The van der Waals surface area contributed by atoms with Gasteiger partial charge < -0.3 is 5.73 Å². The molecule has 86 valence electrons. The van der Waals surface area contributed by atoms with Gasteiger partial charge in [0.25, 0.3) is 5.69 Å². The minimum absolute atomic E-state index is 0.0454. The number of nitro groups is 1. The van der Waals surface area contributed by atoms with Crippen LogP contribution in [0.3, 0.4) is 0 Å². The molecule has 5 nitrogen and oxygen atoms in total. The first-order chi connectivity index (χ1) is 8.15. The van der Waals surface area contributed by atoms with Gasteiger partial charge >= 0.3 is 0 Å². The van der Waals surface area contributed by atoms with Crippen LogP contribution in [0.5, 0.6) is 0 Å². The molecule has 0 radical (unpaired) electrons. The van der Waals surface area contributed by atoms with Gasteiger partial charge in [0.05, 0.1) is 11.0 Å². The smallest absolute Gasteiger partial charge is 0.275 e. The number of hydrogen-bond acceptors (Lipinski definition) is 5. The zero-order valence-corrected chi connectivity index (χ0v) is 9.55. The second-order valence-electron chi connectivity index (χ2n) is 3.26. The Labute approximate surface area is 102 Å². The normalized spacial score (nSPS) is 10.1. The summed E-state index contributed by atoms with van der Waals surface area (Å²) in [5.41, 5.74) is 5.48. The Morgan fingerprint density at radius 3 is 2.59 bits per heavy atom. The SMILES string of the molecule is Nc1cc([N+](=O)[O-])cc(Sc2ccccc2)n1. The Bertz CT molecular complexity index is 546. The van der Waals surface area contributed by atoms with Crippen molar-refractivity contribution in [1.82, 2.24) is 4.98 Å². The molecule has 0 aliphatic carbocycles. The molecular formula is C11H9N3O2S. The molecule has 0 aliphatic heterocycles. The van der Waals surface area contributed by atoms with Crippen molar-refractivity contribution < 1.29 is 4.92 Å². The maximum absolute atomic E-state index is 10.7.